The third kappa shape index (κ3) is 4.57. The minimum atomic E-state index is -0.549. The summed E-state index contributed by atoms with van der Waals surface area (Å²) in [5, 5.41) is 0. The van der Waals surface area contributed by atoms with Crippen LogP contribution < -0.4 is 14.2 Å². The number of hydrogen-bond acceptors (Lipinski definition) is 6. The predicted octanol–water partition coefficient (Wildman–Crippen LogP) is 3.80. The van der Waals surface area contributed by atoms with E-state index < -0.39 is 5.97 Å². The lowest BCUT2D eigenvalue weighted by Crippen LogP contribution is -2.10. The monoisotopic (exact) mass is 366 g/mol. The van der Waals surface area contributed by atoms with Gasteiger partial charge in [0, 0.05) is 10.6 Å². The van der Waals surface area contributed by atoms with Gasteiger partial charge in [0.1, 0.15) is 18.0 Å². The molecule has 0 aliphatic rings. The number of rotatable bonds is 8. The normalized spacial score (nSPS) is 10.2. The number of hydrogen-bond donors (Lipinski definition) is 0. The standard InChI is InChI=1S/C18H19FO5S/c1-21-14-9-8-12(16(22-2)17(14)23-3)18(20)24-10-11-25-15-7-5-4-6-13(15)19/h4-9H,10-11H2,1-3H3. The Morgan fingerprint density at radius 1 is 1.00 bits per heavy atom. The van der Waals surface area contributed by atoms with Crippen molar-refractivity contribution >= 4 is 17.7 Å². The highest BCUT2D eigenvalue weighted by atomic mass is 32.2. The lowest BCUT2D eigenvalue weighted by molar-refractivity contribution is 0.0526. The average molecular weight is 366 g/mol. The third-order valence-corrected chi connectivity index (χ3v) is 4.35. The Bertz CT molecular complexity index is 735. The molecule has 0 amide bonds. The topological polar surface area (TPSA) is 54.0 Å². The molecule has 0 radical (unpaired) electrons. The number of ether oxygens (including phenoxy) is 4. The van der Waals surface area contributed by atoms with Crippen LogP contribution >= 0.6 is 11.8 Å². The molecule has 0 bridgehead atoms. The second kappa shape index (κ2) is 9.17. The van der Waals surface area contributed by atoms with Gasteiger partial charge >= 0.3 is 5.97 Å². The maximum atomic E-state index is 13.5. The van der Waals surface area contributed by atoms with Gasteiger partial charge in [-0.3, -0.25) is 0 Å². The van der Waals surface area contributed by atoms with Crippen LogP contribution in [0.4, 0.5) is 4.39 Å². The van der Waals surface area contributed by atoms with E-state index in [0.717, 1.165) is 0 Å². The largest absolute Gasteiger partial charge is 0.493 e. The molecule has 2 rings (SSSR count). The van der Waals surface area contributed by atoms with Gasteiger partial charge in [0.05, 0.1) is 21.3 Å². The molecule has 0 N–H and O–H groups in total. The molecule has 2 aromatic rings. The van der Waals surface area contributed by atoms with Crippen LogP contribution in [0.25, 0.3) is 0 Å². The molecular weight excluding hydrogens is 347 g/mol. The SMILES string of the molecule is COc1ccc(C(=O)OCCSc2ccccc2F)c(OC)c1OC. The lowest BCUT2D eigenvalue weighted by Gasteiger charge is -2.15. The first kappa shape index (κ1) is 18.9. The van der Waals surface area contributed by atoms with Gasteiger partial charge in [0.15, 0.2) is 11.5 Å². The second-order valence-electron chi connectivity index (χ2n) is 4.80. The molecular formula is C18H19FO5S. The van der Waals surface area contributed by atoms with E-state index in [1.807, 2.05) is 0 Å². The molecule has 0 aliphatic heterocycles. The van der Waals surface area contributed by atoms with Crippen molar-refractivity contribution in [3.8, 4) is 17.2 Å². The number of halogens is 1. The van der Waals surface area contributed by atoms with E-state index in [-0.39, 0.29) is 23.7 Å². The summed E-state index contributed by atoms with van der Waals surface area (Å²) in [6.07, 6.45) is 0. The molecule has 0 aliphatic carbocycles. The summed E-state index contributed by atoms with van der Waals surface area (Å²) in [5.74, 6) is 0.606. The van der Waals surface area contributed by atoms with E-state index >= 15 is 0 Å². The number of esters is 1. The van der Waals surface area contributed by atoms with Crippen LogP contribution in [-0.4, -0.2) is 39.7 Å². The van der Waals surface area contributed by atoms with Crippen LogP contribution in [0.1, 0.15) is 10.4 Å². The number of carbonyl (C=O) groups excluding carboxylic acids is 1. The maximum absolute atomic E-state index is 13.5. The molecule has 25 heavy (non-hydrogen) atoms. The van der Waals surface area contributed by atoms with Crippen molar-refractivity contribution in [3.63, 3.8) is 0 Å². The van der Waals surface area contributed by atoms with Crippen LogP contribution in [-0.2, 0) is 4.74 Å². The minimum Gasteiger partial charge on any atom is -0.493 e. The van der Waals surface area contributed by atoms with Crippen molar-refractivity contribution in [3.05, 3.63) is 47.8 Å². The molecule has 0 fully saturated rings. The quantitative estimate of drug-likeness (QED) is 0.402. The first-order valence-electron chi connectivity index (χ1n) is 7.45. The van der Waals surface area contributed by atoms with Gasteiger partial charge in [-0.05, 0) is 24.3 Å². The van der Waals surface area contributed by atoms with Gasteiger partial charge in [-0.1, -0.05) is 12.1 Å². The van der Waals surface area contributed by atoms with Crippen molar-refractivity contribution in [2.75, 3.05) is 33.7 Å². The lowest BCUT2D eigenvalue weighted by atomic mass is 10.1. The highest BCUT2D eigenvalue weighted by Crippen LogP contribution is 2.39. The van der Waals surface area contributed by atoms with E-state index in [4.69, 9.17) is 18.9 Å². The fraction of sp³-hybridized carbons (Fsp3) is 0.278. The van der Waals surface area contributed by atoms with Crippen molar-refractivity contribution in [2.45, 2.75) is 4.90 Å². The zero-order valence-corrected chi connectivity index (χ0v) is 15.0. The summed E-state index contributed by atoms with van der Waals surface area (Å²) in [6, 6.07) is 9.61. The van der Waals surface area contributed by atoms with E-state index in [0.29, 0.717) is 22.1 Å². The molecule has 0 saturated heterocycles. The zero-order valence-electron chi connectivity index (χ0n) is 14.2. The van der Waals surface area contributed by atoms with E-state index in [2.05, 4.69) is 0 Å². The van der Waals surface area contributed by atoms with Crippen molar-refractivity contribution in [1.82, 2.24) is 0 Å². The fourth-order valence-corrected chi connectivity index (χ4v) is 2.95. The van der Waals surface area contributed by atoms with Crippen molar-refractivity contribution in [1.29, 1.82) is 0 Å². The van der Waals surface area contributed by atoms with Gasteiger partial charge in [-0.25, -0.2) is 9.18 Å². The zero-order chi connectivity index (χ0) is 18.2. The Morgan fingerprint density at radius 3 is 2.36 bits per heavy atom. The molecule has 7 heteroatoms. The van der Waals surface area contributed by atoms with Gasteiger partial charge < -0.3 is 18.9 Å². The average Bonchev–Trinajstić information content (AvgIpc) is 2.64. The highest BCUT2D eigenvalue weighted by Gasteiger charge is 2.21. The molecule has 2 aromatic carbocycles. The van der Waals surface area contributed by atoms with Gasteiger partial charge in [-0.15, -0.1) is 11.8 Å². The van der Waals surface area contributed by atoms with Crippen LogP contribution in [0, 0.1) is 5.82 Å². The second-order valence-corrected chi connectivity index (χ2v) is 5.93. The molecule has 0 heterocycles. The summed E-state index contributed by atoms with van der Waals surface area (Å²) in [6.45, 7) is 0.134. The van der Waals surface area contributed by atoms with Crippen LogP contribution in [0.2, 0.25) is 0 Å². The number of benzene rings is 2. The molecule has 0 aromatic heterocycles. The molecule has 0 atom stereocenters. The van der Waals surface area contributed by atoms with Gasteiger partial charge in [0.2, 0.25) is 5.75 Å². The Morgan fingerprint density at radius 2 is 1.72 bits per heavy atom. The van der Waals surface area contributed by atoms with E-state index in [1.54, 1.807) is 30.3 Å². The fourth-order valence-electron chi connectivity index (χ4n) is 2.19. The van der Waals surface area contributed by atoms with Gasteiger partial charge in [0.25, 0.3) is 0 Å². The summed E-state index contributed by atoms with van der Waals surface area (Å²) in [5.41, 5.74) is 0.232. The van der Waals surface area contributed by atoms with Crippen LogP contribution in [0.3, 0.4) is 0 Å². The molecule has 5 nitrogen and oxygen atoms in total. The molecule has 134 valence electrons. The minimum absolute atomic E-state index is 0.134. The van der Waals surface area contributed by atoms with E-state index in [1.165, 1.54) is 39.2 Å². The number of carbonyl (C=O) groups is 1. The Hall–Kier alpha value is -2.41. The number of methoxy groups -OCH3 is 3. The molecule has 0 saturated carbocycles. The Balaban J connectivity index is 2.00. The summed E-state index contributed by atoms with van der Waals surface area (Å²) in [4.78, 5) is 12.8. The van der Waals surface area contributed by atoms with Crippen LogP contribution in [0.5, 0.6) is 17.2 Å². The molecule has 0 spiro atoms. The predicted molar refractivity (Wildman–Crippen MR) is 93.5 cm³/mol. The van der Waals surface area contributed by atoms with Crippen molar-refractivity contribution in [2.24, 2.45) is 0 Å². The van der Waals surface area contributed by atoms with Gasteiger partial charge in [-0.2, -0.15) is 0 Å². The summed E-state index contributed by atoms with van der Waals surface area (Å²) < 4.78 is 34.4. The van der Waals surface area contributed by atoms with E-state index in [9.17, 15) is 9.18 Å². The van der Waals surface area contributed by atoms with Crippen LogP contribution in [0.15, 0.2) is 41.3 Å². The maximum Gasteiger partial charge on any atom is 0.342 e. The van der Waals surface area contributed by atoms with Crippen molar-refractivity contribution < 1.29 is 28.1 Å². The smallest absolute Gasteiger partial charge is 0.342 e. The third-order valence-electron chi connectivity index (χ3n) is 3.33. The Kier molecular flexibility index (Phi) is 6.94. The summed E-state index contributed by atoms with van der Waals surface area (Å²) >= 11 is 1.28. The first-order valence-corrected chi connectivity index (χ1v) is 8.44. The Labute approximate surface area is 150 Å². The highest BCUT2D eigenvalue weighted by molar-refractivity contribution is 7.99. The summed E-state index contributed by atoms with van der Waals surface area (Å²) in [7, 11) is 4.39. The first-order chi connectivity index (χ1) is 12.1. The molecule has 0 unspecified atom stereocenters. The number of thioether (sulfide) groups is 1.